The Balaban J connectivity index is 2.48. The van der Waals surface area contributed by atoms with Gasteiger partial charge in [-0.3, -0.25) is 9.59 Å². The van der Waals surface area contributed by atoms with Crippen molar-refractivity contribution < 1.29 is 18.9 Å². The first kappa shape index (κ1) is 15.1. The van der Waals surface area contributed by atoms with Crippen molar-refractivity contribution in [3.05, 3.63) is 30.1 Å². The fourth-order valence-electron chi connectivity index (χ4n) is 1.51. The number of amides is 2. The second-order valence-electron chi connectivity index (χ2n) is 4.63. The van der Waals surface area contributed by atoms with Crippen molar-refractivity contribution in [1.82, 2.24) is 4.90 Å². The van der Waals surface area contributed by atoms with Crippen LogP contribution >= 0.6 is 0 Å². The topological polar surface area (TPSA) is 53.9 Å². The third kappa shape index (κ3) is 5.05. The van der Waals surface area contributed by atoms with Gasteiger partial charge < -0.3 is 15.1 Å². The molecule has 0 bridgehead atoms. The Morgan fingerprint density at radius 1 is 1.26 bits per heavy atom. The van der Waals surface area contributed by atoms with Crippen LogP contribution in [0.2, 0.25) is 0 Å². The van der Waals surface area contributed by atoms with Crippen LogP contribution in [0.5, 0.6) is 0 Å². The summed E-state index contributed by atoms with van der Waals surface area (Å²) in [6, 6.07) is 5.97. The second-order valence-corrected chi connectivity index (χ2v) is 4.63. The molecule has 0 fully saturated rings. The van der Waals surface area contributed by atoms with Crippen LogP contribution < -0.4 is 10.2 Å². The summed E-state index contributed by atoms with van der Waals surface area (Å²) in [5.74, 6) is -0.858. The normalized spacial score (nSPS) is 11.8. The summed E-state index contributed by atoms with van der Waals surface area (Å²) < 4.78 is 13.3. The molecule has 0 aromatic heterocycles. The van der Waals surface area contributed by atoms with Crippen LogP contribution in [-0.2, 0) is 9.59 Å². The SMILES string of the molecule is CN(C)C(=O)C[NH+](C)CC(=O)Nc1ccccc1F. The van der Waals surface area contributed by atoms with Crippen molar-refractivity contribution in [3.63, 3.8) is 0 Å². The Hall–Kier alpha value is -1.95. The predicted octanol–water partition coefficient (Wildman–Crippen LogP) is -0.633. The molecule has 0 radical (unpaired) electrons. The second kappa shape index (κ2) is 6.84. The summed E-state index contributed by atoms with van der Waals surface area (Å²) in [5, 5.41) is 2.48. The van der Waals surface area contributed by atoms with Gasteiger partial charge in [0.25, 0.3) is 11.8 Å². The van der Waals surface area contributed by atoms with Crippen molar-refractivity contribution in [2.24, 2.45) is 0 Å². The van der Waals surface area contributed by atoms with Crippen LogP contribution in [0.3, 0.4) is 0 Å². The number of quaternary nitrogens is 1. The molecule has 1 atom stereocenters. The molecule has 6 heteroatoms. The number of nitrogens with one attached hydrogen (secondary N) is 2. The lowest BCUT2D eigenvalue weighted by molar-refractivity contribution is -0.862. The predicted molar refractivity (Wildman–Crippen MR) is 70.3 cm³/mol. The number of nitrogens with zero attached hydrogens (tertiary/aromatic N) is 1. The van der Waals surface area contributed by atoms with E-state index in [4.69, 9.17) is 0 Å². The van der Waals surface area contributed by atoms with Crippen LogP contribution in [0, 0.1) is 5.82 Å². The van der Waals surface area contributed by atoms with Crippen LogP contribution in [0.25, 0.3) is 0 Å². The molecule has 2 amide bonds. The Kier molecular flexibility index (Phi) is 5.44. The highest BCUT2D eigenvalue weighted by atomic mass is 19.1. The molecular weight excluding hydrogens is 249 g/mol. The number of carbonyl (C=O) groups excluding carboxylic acids is 2. The van der Waals surface area contributed by atoms with Gasteiger partial charge in [-0.15, -0.1) is 0 Å². The molecule has 1 aromatic carbocycles. The Morgan fingerprint density at radius 3 is 2.47 bits per heavy atom. The highest BCUT2D eigenvalue weighted by Crippen LogP contribution is 2.11. The van der Waals surface area contributed by atoms with Gasteiger partial charge in [0.15, 0.2) is 13.1 Å². The molecule has 0 aliphatic rings. The molecule has 19 heavy (non-hydrogen) atoms. The smallest absolute Gasteiger partial charge is 0.279 e. The number of benzene rings is 1. The summed E-state index contributed by atoms with van der Waals surface area (Å²) in [4.78, 5) is 25.4. The van der Waals surface area contributed by atoms with E-state index < -0.39 is 5.82 Å². The van der Waals surface area contributed by atoms with Gasteiger partial charge in [-0.1, -0.05) is 12.1 Å². The fourth-order valence-corrected chi connectivity index (χ4v) is 1.51. The van der Waals surface area contributed by atoms with E-state index in [2.05, 4.69) is 5.32 Å². The maximum absolute atomic E-state index is 13.3. The summed E-state index contributed by atoms with van der Waals surface area (Å²) in [6.45, 7) is 0.325. The van der Waals surface area contributed by atoms with E-state index in [1.165, 1.54) is 17.0 Å². The van der Waals surface area contributed by atoms with Gasteiger partial charge >= 0.3 is 0 Å². The van der Waals surface area contributed by atoms with Crippen molar-refractivity contribution in [2.75, 3.05) is 39.5 Å². The third-order valence-corrected chi connectivity index (χ3v) is 2.56. The van der Waals surface area contributed by atoms with Gasteiger partial charge in [-0.25, -0.2) is 4.39 Å². The van der Waals surface area contributed by atoms with E-state index in [0.717, 1.165) is 4.90 Å². The molecule has 0 aliphatic heterocycles. The molecule has 2 N–H and O–H groups in total. The average Bonchev–Trinajstić information content (AvgIpc) is 2.31. The molecule has 5 nitrogen and oxygen atoms in total. The van der Waals surface area contributed by atoms with E-state index in [1.54, 1.807) is 33.3 Å². The van der Waals surface area contributed by atoms with E-state index in [1.807, 2.05) is 0 Å². The Labute approximate surface area is 112 Å². The van der Waals surface area contributed by atoms with Crippen LogP contribution in [0.1, 0.15) is 0 Å². The zero-order valence-electron chi connectivity index (χ0n) is 11.4. The largest absolute Gasteiger partial charge is 0.344 e. The van der Waals surface area contributed by atoms with Crippen molar-refractivity contribution in [1.29, 1.82) is 0 Å². The molecule has 1 rings (SSSR count). The molecule has 0 saturated carbocycles. The number of hydrogen-bond donors (Lipinski definition) is 2. The highest BCUT2D eigenvalue weighted by Gasteiger charge is 2.16. The van der Waals surface area contributed by atoms with E-state index in [9.17, 15) is 14.0 Å². The number of rotatable bonds is 5. The minimum atomic E-state index is -0.474. The Morgan fingerprint density at radius 2 is 1.89 bits per heavy atom. The monoisotopic (exact) mass is 268 g/mol. The van der Waals surface area contributed by atoms with Crippen LogP contribution in [0.15, 0.2) is 24.3 Å². The zero-order chi connectivity index (χ0) is 14.4. The first-order chi connectivity index (χ1) is 8.90. The number of hydrogen-bond acceptors (Lipinski definition) is 2. The molecule has 0 heterocycles. The van der Waals surface area contributed by atoms with Gasteiger partial charge in [0.1, 0.15) is 5.82 Å². The quantitative estimate of drug-likeness (QED) is 0.747. The minimum Gasteiger partial charge on any atom is -0.344 e. The lowest BCUT2D eigenvalue weighted by Crippen LogP contribution is -3.11. The number of anilines is 1. The molecular formula is C13H19FN3O2+. The standard InChI is InChI=1S/C13H18FN3O2/c1-16(2)13(19)9-17(3)8-12(18)15-11-7-5-4-6-10(11)14/h4-7H,8-9H2,1-3H3,(H,15,18)/p+1. The Bertz CT molecular complexity index is 463. The number of para-hydroxylation sites is 1. The maximum atomic E-state index is 13.3. The molecule has 0 spiro atoms. The van der Waals surface area contributed by atoms with E-state index in [0.29, 0.717) is 0 Å². The maximum Gasteiger partial charge on any atom is 0.279 e. The van der Waals surface area contributed by atoms with Gasteiger partial charge in [0.05, 0.1) is 12.7 Å². The van der Waals surface area contributed by atoms with Gasteiger partial charge in [-0.05, 0) is 12.1 Å². The van der Waals surface area contributed by atoms with Crippen LogP contribution in [-0.4, -0.2) is 50.9 Å². The van der Waals surface area contributed by atoms with Gasteiger partial charge in [0, 0.05) is 14.1 Å². The lowest BCUT2D eigenvalue weighted by atomic mass is 10.3. The zero-order valence-corrected chi connectivity index (χ0v) is 11.4. The molecule has 1 unspecified atom stereocenters. The summed E-state index contributed by atoms with van der Waals surface area (Å²) in [6.07, 6.45) is 0. The molecule has 0 saturated heterocycles. The third-order valence-electron chi connectivity index (χ3n) is 2.56. The highest BCUT2D eigenvalue weighted by molar-refractivity contribution is 5.91. The van der Waals surface area contributed by atoms with E-state index >= 15 is 0 Å². The van der Waals surface area contributed by atoms with Crippen molar-refractivity contribution >= 4 is 17.5 Å². The molecule has 104 valence electrons. The summed E-state index contributed by atoms with van der Waals surface area (Å²) >= 11 is 0. The lowest BCUT2D eigenvalue weighted by Gasteiger charge is -2.16. The summed E-state index contributed by atoms with van der Waals surface area (Å²) in [5.41, 5.74) is 0.152. The molecule has 0 aliphatic carbocycles. The van der Waals surface area contributed by atoms with Crippen LogP contribution in [0.4, 0.5) is 10.1 Å². The fraction of sp³-hybridized carbons (Fsp3) is 0.385. The summed E-state index contributed by atoms with van der Waals surface area (Å²) in [7, 11) is 5.06. The van der Waals surface area contributed by atoms with Crippen molar-refractivity contribution in [2.45, 2.75) is 0 Å². The average molecular weight is 268 g/mol. The van der Waals surface area contributed by atoms with Crippen molar-refractivity contribution in [3.8, 4) is 0 Å². The van der Waals surface area contributed by atoms with Gasteiger partial charge in [0.2, 0.25) is 0 Å². The van der Waals surface area contributed by atoms with Gasteiger partial charge in [-0.2, -0.15) is 0 Å². The number of carbonyl (C=O) groups is 2. The minimum absolute atomic E-state index is 0.0591. The molecule has 1 aromatic rings. The number of halogens is 1. The number of likely N-dealkylation sites (N-methyl/N-ethyl adjacent to an activating group) is 2. The first-order valence-corrected chi connectivity index (χ1v) is 5.96. The van der Waals surface area contributed by atoms with E-state index in [-0.39, 0.29) is 30.6 Å². The first-order valence-electron chi connectivity index (χ1n) is 5.96.